The smallest absolute Gasteiger partial charge is 0.142 e. The molecule has 0 bridgehead atoms. The number of allylic oxidation sites excluding steroid dienone is 2. The van der Waals surface area contributed by atoms with E-state index in [0.717, 1.165) is 25.1 Å². The van der Waals surface area contributed by atoms with Gasteiger partial charge in [-0.25, -0.2) is 4.99 Å². The van der Waals surface area contributed by atoms with Gasteiger partial charge < -0.3 is 20.5 Å². The van der Waals surface area contributed by atoms with Crippen molar-refractivity contribution in [2.24, 2.45) is 4.99 Å². The van der Waals surface area contributed by atoms with Crippen molar-refractivity contribution in [1.82, 2.24) is 0 Å². The van der Waals surface area contributed by atoms with Crippen LogP contribution in [0.3, 0.4) is 0 Å². The lowest BCUT2D eigenvalue weighted by molar-refractivity contribution is 0.225. The quantitative estimate of drug-likeness (QED) is 0.635. The fourth-order valence-electron chi connectivity index (χ4n) is 2.91. The molecule has 0 aromatic heterocycles. The Morgan fingerprint density at radius 1 is 1.12 bits per heavy atom. The second-order valence-electron chi connectivity index (χ2n) is 6.74. The Bertz CT molecular complexity index is 701. The Balaban J connectivity index is 2.21. The van der Waals surface area contributed by atoms with Gasteiger partial charge in [-0.15, -0.1) is 0 Å². The molecule has 0 heterocycles. The average molecular weight is 354 g/mol. The summed E-state index contributed by atoms with van der Waals surface area (Å²) in [5, 5.41) is 16.2. The summed E-state index contributed by atoms with van der Waals surface area (Å²) in [6, 6.07) is 8.54. The van der Waals surface area contributed by atoms with Crippen LogP contribution < -0.4 is 4.90 Å². The molecule has 26 heavy (non-hydrogen) atoms. The lowest BCUT2D eigenvalue weighted by atomic mass is 9.99. The molecule has 0 saturated heterocycles. The Morgan fingerprint density at radius 2 is 1.81 bits per heavy atom. The van der Waals surface area contributed by atoms with Crippen molar-refractivity contribution in [1.29, 1.82) is 10.8 Å². The van der Waals surface area contributed by atoms with Crippen LogP contribution in [0.4, 0.5) is 11.4 Å². The molecule has 5 nitrogen and oxygen atoms in total. The predicted molar refractivity (Wildman–Crippen MR) is 111 cm³/mol. The van der Waals surface area contributed by atoms with E-state index in [1.807, 2.05) is 12.1 Å². The standard InChI is InChI=1S/C21H30N4O/c1-5-7-12-26-21-14-20(18(22)13-19(21)23)24-16-8-10-17(11-9-16)25(6-2)15(3)4/h8-11,14-15,22-23H,5-7,12-13H2,1-4H3. The molecular formula is C21H30N4O. The van der Waals surface area contributed by atoms with E-state index in [-0.39, 0.29) is 6.42 Å². The van der Waals surface area contributed by atoms with E-state index in [1.165, 1.54) is 5.69 Å². The molecule has 2 rings (SSSR count). The summed E-state index contributed by atoms with van der Waals surface area (Å²) in [4.78, 5) is 6.92. The molecule has 1 aromatic rings. The summed E-state index contributed by atoms with van der Waals surface area (Å²) < 4.78 is 5.70. The van der Waals surface area contributed by atoms with Gasteiger partial charge in [0, 0.05) is 30.8 Å². The number of unbranched alkanes of at least 4 members (excludes halogenated alkanes) is 1. The van der Waals surface area contributed by atoms with Crippen LogP contribution in [0, 0.1) is 10.8 Å². The van der Waals surface area contributed by atoms with Crippen LogP contribution in [0.25, 0.3) is 0 Å². The monoisotopic (exact) mass is 354 g/mol. The zero-order valence-corrected chi connectivity index (χ0v) is 16.3. The molecule has 1 aromatic carbocycles. The first-order valence-corrected chi connectivity index (χ1v) is 9.41. The molecule has 0 radical (unpaired) electrons. The molecule has 1 aliphatic carbocycles. The maximum atomic E-state index is 8.15. The number of nitrogens with zero attached hydrogens (tertiary/aromatic N) is 2. The summed E-state index contributed by atoms with van der Waals surface area (Å²) in [7, 11) is 0. The van der Waals surface area contributed by atoms with Crippen molar-refractivity contribution in [3.8, 4) is 0 Å². The number of aliphatic imine (C=N–C) groups is 1. The maximum absolute atomic E-state index is 8.15. The van der Waals surface area contributed by atoms with Gasteiger partial charge in [-0.3, -0.25) is 0 Å². The van der Waals surface area contributed by atoms with E-state index in [4.69, 9.17) is 15.6 Å². The molecule has 140 valence electrons. The van der Waals surface area contributed by atoms with Crippen LogP contribution >= 0.6 is 0 Å². The van der Waals surface area contributed by atoms with E-state index < -0.39 is 0 Å². The number of ether oxygens (including phenoxy) is 1. The van der Waals surface area contributed by atoms with Crippen LogP contribution in [0.5, 0.6) is 0 Å². The highest BCUT2D eigenvalue weighted by molar-refractivity contribution is 6.51. The Morgan fingerprint density at radius 3 is 2.38 bits per heavy atom. The molecular weight excluding hydrogens is 324 g/mol. The topological polar surface area (TPSA) is 72.5 Å². The van der Waals surface area contributed by atoms with Gasteiger partial charge >= 0.3 is 0 Å². The Hall–Kier alpha value is -2.43. The number of benzene rings is 1. The zero-order chi connectivity index (χ0) is 19.1. The van der Waals surface area contributed by atoms with Gasteiger partial charge in [0.05, 0.1) is 29.4 Å². The van der Waals surface area contributed by atoms with Crippen LogP contribution in [0.2, 0.25) is 0 Å². The summed E-state index contributed by atoms with van der Waals surface area (Å²) in [6.45, 7) is 10.2. The largest absolute Gasteiger partial charge is 0.492 e. The van der Waals surface area contributed by atoms with Gasteiger partial charge in [0.2, 0.25) is 0 Å². The average Bonchev–Trinajstić information content (AvgIpc) is 2.60. The molecule has 1 aliphatic rings. The third-order valence-corrected chi connectivity index (χ3v) is 4.38. The molecule has 2 N–H and O–H groups in total. The highest BCUT2D eigenvalue weighted by atomic mass is 16.5. The summed E-state index contributed by atoms with van der Waals surface area (Å²) in [5.41, 5.74) is 3.28. The first kappa shape index (κ1) is 19.9. The molecule has 0 amide bonds. The third-order valence-electron chi connectivity index (χ3n) is 4.38. The number of hydrogen-bond acceptors (Lipinski definition) is 5. The molecule has 5 heteroatoms. The lowest BCUT2D eigenvalue weighted by Gasteiger charge is -2.27. The van der Waals surface area contributed by atoms with E-state index in [0.29, 0.717) is 35.5 Å². The lowest BCUT2D eigenvalue weighted by Crippen LogP contribution is -2.30. The Kier molecular flexibility index (Phi) is 7.13. The van der Waals surface area contributed by atoms with E-state index in [2.05, 4.69) is 49.7 Å². The van der Waals surface area contributed by atoms with Crippen molar-refractivity contribution in [3.63, 3.8) is 0 Å². The van der Waals surface area contributed by atoms with E-state index >= 15 is 0 Å². The number of rotatable bonds is 8. The number of nitrogens with one attached hydrogen (secondary N) is 2. The van der Waals surface area contributed by atoms with Gasteiger partial charge in [0.15, 0.2) is 0 Å². The SMILES string of the molecule is CCCCOC1=CC(=Nc2ccc(N(CC)C(C)C)cc2)C(=N)CC1=N. The van der Waals surface area contributed by atoms with E-state index in [1.54, 1.807) is 6.08 Å². The second kappa shape index (κ2) is 9.32. The van der Waals surface area contributed by atoms with Crippen LogP contribution in [-0.4, -0.2) is 36.3 Å². The van der Waals surface area contributed by atoms with Crippen molar-refractivity contribution in [2.45, 2.75) is 53.0 Å². The van der Waals surface area contributed by atoms with Crippen molar-refractivity contribution < 1.29 is 4.74 Å². The van der Waals surface area contributed by atoms with Crippen molar-refractivity contribution in [2.75, 3.05) is 18.1 Å². The zero-order valence-electron chi connectivity index (χ0n) is 16.3. The van der Waals surface area contributed by atoms with Crippen molar-refractivity contribution in [3.05, 3.63) is 36.1 Å². The molecule has 0 unspecified atom stereocenters. The van der Waals surface area contributed by atoms with Crippen LogP contribution in [0.1, 0.15) is 47.0 Å². The third kappa shape index (κ3) is 5.04. The molecule has 0 fully saturated rings. The van der Waals surface area contributed by atoms with Gasteiger partial charge in [-0.2, -0.15) is 0 Å². The van der Waals surface area contributed by atoms with Gasteiger partial charge in [0.25, 0.3) is 0 Å². The van der Waals surface area contributed by atoms with Gasteiger partial charge in [-0.1, -0.05) is 13.3 Å². The van der Waals surface area contributed by atoms with E-state index in [9.17, 15) is 0 Å². The summed E-state index contributed by atoms with van der Waals surface area (Å²) >= 11 is 0. The minimum atomic E-state index is 0.270. The number of hydrogen-bond donors (Lipinski definition) is 2. The fourth-order valence-corrected chi connectivity index (χ4v) is 2.91. The molecule has 0 aliphatic heterocycles. The van der Waals surface area contributed by atoms with Crippen LogP contribution in [-0.2, 0) is 4.74 Å². The minimum Gasteiger partial charge on any atom is -0.492 e. The predicted octanol–water partition coefficient (Wildman–Crippen LogP) is 5.14. The minimum absolute atomic E-state index is 0.270. The molecule has 0 saturated carbocycles. The first-order valence-electron chi connectivity index (χ1n) is 9.41. The van der Waals surface area contributed by atoms with Crippen molar-refractivity contribution >= 4 is 28.5 Å². The Labute approximate surface area is 156 Å². The van der Waals surface area contributed by atoms with Crippen LogP contribution in [0.15, 0.2) is 41.1 Å². The highest BCUT2D eigenvalue weighted by Crippen LogP contribution is 2.23. The maximum Gasteiger partial charge on any atom is 0.142 e. The van der Waals surface area contributed by atoms with Gasteiger partial charge in [-0.05, 0) is 51.5 Å². The summed E-state index contributed by atoms with van der Waals surface area (Å²) in [6.07, 6.45) is 4.00. The first-order chi connectivity index (χ1) is 12.5. The normalized spacial score (nSPS) is 16.2. The summed E-state index contributed by atoms with van der Waals surface area (Å²) in [5.74, 6) is 0.543. The molecule has 0 spiro atoms. The number of anilines is 1. The van der Waals surface area contributed by atoms with Gasteiger partial charge in [0.1, 0.15) is 5.76 Å². The fraction of sp³-hybridized carbons (Fsp3) is 0.476. The molecule has 0 atom stereocenters. The second-order valence-corrected chi connectivity index (χ2v) is 6.74. The highest BCUT2D eigenvalue weighted by Gasteiger charge is 2.20.